The number of hydrogen-bond acceptors (Lipinski definition) is 4. The summed E-state index contributed by atoms with van der Waals surface area (Å²) in [5.41, 5.74) is -0.479. The van der Waals surface area contributed by atoms with E-state index in [-0.39, 0.29) is 12.0 Å². The highest BCUT2D eigenvalue weighted by molar-refractivity contribution is 7.99. The molecule has 1 aromatic rings. The summed E-state index contributed by atoms with van der Waals surface area (Å²) in [7, 11) is 0. The van der Waals surface area contributed by atoms with Gasteiger partial charge in [-0.3, -0.25) is 0 Å². The van der Waals surface area contributed by atoms with E-state index in [1.54, 1.807) is 20.8 Å². The van der Waals surface area contributed by atoms with Crippen LogP contribution < -0.4 is 5.32 Å². The second kappa shape index (κ2) is 7.05. The Balaban J connectivity index is 2.19. The topological polar surface area (TPSA) is 58.6 Å². The number of alkyl carbamates (subject to hydrolysis) is 1. The lowest BCUT2D eigenvalue weighted by atomic mass is 9.99. The van der Waals surface area contributed by atoms with Crippen molar-refractivity contribution in [2.45, 2.75) is 50.2 Å². The third-order valence-corrected chi connectivity index (χ3v) is 4.85. The number of aliphatic hydroxyl groups is 1. The molecule has 2 N–H and O–H groups in total. The number of benzene rings is 1. The van der Waals surface area contributed by atoms with E-state index >= 15 is 0 Å². The molecule has 0 saturated carbocycles. The molecule has 0 aliphatic carbocycles. The Morgan fingerprint density at radius 3 is 2.74 bits per heavy atom. The van der Waals surface area contributed by atoms with Crippen LogP contribution in [0.2, 0.25) is 0 Å². The predicted octanol–water partition coefficient (Wildman–Crippen LogP) is 3.40. The largest absolute Gasteiger partial charge is 0.444 e. The van der Waals surface area contributed by atoms with Crippen LogP contribution in [0, 0.1) is 11.6 Å². The Hall–Kier alpha value is -1.34. The third kappa shape index (κ3) is 5.07. The molecule has 128 valence electrons. The van der Waals surface area contributed by atoms with Crippen LogP contribution in [0.25, 0.3) is 0 Å². The number of carbonyl (C=O) groups is 1. The van der Waals surface area contributed by atoms with Gasteiger partial charge in [0.05, 0.1) is 17.4 Å². The van der Waals surface area contributed by atoms with Crippen molar-refractivity contribution in [3.8, 4) is 0 Å². The van der Waals surface area contributed by atoms with Crippen LogP contribution in [0.4, 0.5) is 13.6 Å². The van der Waals surface area contributed by atoms with Gasteiger partial charge in [-0.15, -0.1) is 11.8 Å². The second-order valence-electron chi connectivity index (χ2n) is 6.56. The van der Waals surface area contributed by atoms with Gasteiger partial charge in [0, 0.05) is 11.3 Å². The van der Waals surface area contributed by atoms with Gasteiger partial charge in [-0.1, -0.05) is 0 Å². The maximum atomic E-state index is 14.0. The van der Waals surface area contributed by atoms with E-state index < -0.39 is 40.7 Å². The van der Waals surface area contributed by atoms with E-state index in [0.29, 0.717) is 5.75 Å². The van der Waals surface area contributed by atoms with E-state index in [9.17, 15) is 18.7 Å². The summed E-state index contributed by atoms with van der Waals surface area (Å²) < 4.78 is 32.7. The van der Waals surface area contributed by atoms with Crippen molar-refractivity contribution in [3.05, 3.63) is 35.4 Å². The lowest BCUT2D eigenvalue weighted by molar-refractivity contribution is 0.0483. The van der Waals surface area contributed by atoms with E-state index in [2.05, 4.69) is 5.32 Å². The lowest BCUT2D eigenvalue weighted by Crippen LogP contribution is -2.46. The fourth-order valence-corrected chi connectivity index (χ4v) is 3.79. The van der Waals surface area contributed by atoms with Gasteiger partial charge in [0.2, 0.25) is 0 Å². The quantitative estimate of drug-likeness (QED) is 0.863. The van der Waals surface area contributed by atoms with Crippen LogP contribution in [-0.2, 0) is 4.74 Å². The maximum Gasteiger partial charge on any atom is 0.407 e. The monoisotopic (exact) mass is 345 g/mol. The van der Waals surface area contributed by atoms with Crippen LogP contribution in [0.3, 0.4) is 0 Å². The summed E-state index contributed by atoms with van der Waals surface area (Å²) in [6.45, 7) is 5.21. The number of ether oxygens (including phenoxy) is 1. The molecular formula is C16H21F2NO3S. The van der Waals surface area contributed by atoms with Crippen LogP contribution >= 0.6 is 11.8 Å². The fraction of sp³-hybridized carbons (Fsp3) is 0.562. The van der Waals surface area contributed by atoms with Crippen LogP contribution in [0.1, 0.15) is 38.0 Å². The highest BCUT2D eigenvalue weighted by atomic mass is 32.2. The molecule has 1 aliphatic rings. The first kappa shape index (κ1) is 18.0. The number of carbonyl (C=O) groups excluding carboxylic acids is 1. The van der Waals surface area contributed by atoms with Crippen molar-refractivity contribution in [2.75, 3.05) is 5.75 Å². The van der Waals surface area contributed by atoms with Crippen molar-refractivity contribution in [2.24, 2.45) is 0 Å². The number of aliphatic hydroxyl groups excluding tert-OH is 1. The van der Waals surface area contributed by atoms with Gasteiger partial charge < -0.3 is 15.2 Å². The summed E-state index contributed by atoms with van der Waals surface area (Å²) in [4.78, 5) is 12.0. The van der Waals surface area contributed by atoms with Crippen molar-refractivity contribution in [1.82, 2.24) is 5.32 Å². The van der Waals surface area contributed by atoms with E-state index in [0.717, 1.165) is 18.2 Å². The van der Waals surface area contributed by atoms with Crippen molar-refractivity contribution >= 4 is 17.9 Å². The average Bonchev–Trinajstić information content (AvgIpc) is 2.40. The van der Waals surface area contributed by atoms with Crippen molar-refractivity contribution in [1.29, 1.82) is 0 Å². The molecule has 1 amide bonds. The summed E-state index contributed by atoms with van der Waals surface area (Å²) in [5.74, 6) is -0.673. The highest BCUT2D eigenvalue weighted by Crippen LogP contribution is 2.40. The number of rotatable bonds is 2. The number of nitrogens with one attached hydrogen (secondary N) is 1. The minimum atomic E-state index is -0.663. The number of amides is 1. The van der Waals surface area contributed by atoms with Crippen molar-refractivity contribution < 1.29 is 23.4 Å². The first-order valence-electron chi connectivity index (χ1n) is 7.40. The lowest BCUT2D eigenvalue weighted by Gasteiger charge is -2.35. The second-order valence-corrected chi connectivity index (χ2v) is 7.74. The van der Waals surface area contributed by atoms with Gasteiger partial charge in [-0.25, -0.2) is 13.6 Å². The molecule has 1 aromatic carbocycles. The van der Waals surface area contributed by atoms with Gasteiger partial charge in [0.1, 0.15) is 17.2 Å². The Morgan fingerprint density at radius 1 is 1.39 bits per heavy atom. The average molecular weight is 345 g/mol. The smallest absolute Gasteiger partial charge is 0.407 e. The highest BCUT2D eigenvalue weighted by Gasteiger charge is 2.35. The first-order valence-corrected chi connectivity index (χ1v) is 8.45. The van der Waals surface area contributed by atoms with Crippen LogP contribution in [0.5, 0.6) is 0 Å². The first-order chi connectivity index (χ1) is 10.7. The normalized spacial score (nSPS) is 25.0. The SMILES string of the molecule is CC(C)(C)OC(=O)N[C@H]1CC(O)CS[C@@H]1c1cc(F)ccc1F. The number of hydrogen-bond donors (Lipinski definition) is 2. The maximum absolute atomic E-state index is 14.0. The number of halogens is 2. The Morgan fingerprint density at radius 2 is 2.09 bits per heavy atom. The molecule has 7 heteroatoms. The minimum Gasteiger partial charge on any atom is -0.444 e. The summed E-state index contributed by atoms with van der Waals surface area (Å²) >= 11 is 1.29. The zero-order chi connectivity index (χ0) is 17.2. The Kier molecular flexibility index (Phi) is 5.52. The zero-order valence-electron chi connectivity index (χ0n) is 13.3. The predicted molar refractivity (Wildman–Crippen MR) is 85.3 cm³/mol. The molecule has 3 atom stereocenters. The summed E-state index contributed by atoms with van der Waals surface area (Å²) in [5, 5.41) is 12.0. The molecule has 23 heavy (non-hydrogen) atoms. The van der Waals surface area contributed by atoms with Gasteiger partial charge in [0.25, 0.3) is 0 Å². The van der Waals surface area contributed by atoms with Gasteiger partial charge >= 0.3 is 6.09 Å². The van der Waals surface area contributed by atoms with Gasteiger partial charge in [0.15, 0.2) is 0 Å². The molecule has 1 heterocycles. The minimum absolute atomic E-state index is 0.183. The molecule has 0 aromatic heterocycles. The molecule has 0 bridgehead atoms. The molecule has 4 nitrogen and oxygen atoms in total. The zero-order valence-corrected chi connectivity index (χ0v) is 14.1. The Labute approximate surface area is 138 Å². The van der Waals surface area contributed by atoms with Crippen LogP contribution in [-0.4, -0.2) is 34.7 Å². The number of thioether (sulfide) groups is 1. The van der Waals surface area contributed by atoms with E-state index in [4.69, 9.17) is 4.74 Å². The molecule has 1 aliphatic heterocycles. The molecule has 0 radical (unpaired) electrons. The molecule has 2 rings (SSSR count). The molecular weight excluding hydrogens is 324 g/mol. The van der Waals surface area contributed by atoms with Crippen molar-refractivity contribution in [3.63, 3.8) is 0 Å². The van der Waals surface area contributed by atoms with Gasteiger partial charge in [-0.2, -0.15) is 0 Å². The van der Waals surface area contributed by atoms with E-state index in [1.165, 1.54) is 11.8 Å². The van der Waals surface area contributed by atoms with E-state index in [1.807, 2.05) is 0 Å². The molecule has 1 saturated heterocycles. The molecule has 0 spiro atoms. The molecule has 1 unspecified atom stereocenters. The standard InChI is InChI=1S/C16H21F2NO3S/c1-16(2,3)22-15(21)19-13-7-10(20)8-23-14(13)11-6-9(17)4-5-12(11)18/h4-6,10,13-14,20H,7-8H2,1-3H3,(H,19,21)/t10?,13-,14+/m0/s1. The summed E-state index contributed by atoms with van der Waals surface area (Å²) in [6, 6.07) is 2.71. The Bertz CT molecular complexity index is 577. The molecule has 1 fully saturated rings. The van der Waals surface area contributed by atoms with Gasteiger partial charge in [-0.05, 0) is 45.4 Å². The summed E-state index contributed by atoms with van der Waals surface area (Å²) in [6.07, 6.45) is -1.00. The fourth-order valence-electron chi connectivity index (χ4n) is 2.45. The third-order valence-electron chi connectivity index (χ3n) is 3.33. The van der Waals surface area contributed by atoms with Crippen LogP contribution in [0.15, 0.2) is 18.2 Å².